The van der Waals surface area contributed by atoms with Gasteiger partial charge in [0.25, 0.3) is 0 Å². The van der Waals surface area contributed by atoms with Crippen LogP contribution in [0.4, 0.5) is 0 Å². The molecule has 0 aliphatic heterocycles. The molecule has 0 atom stereocenters. The van der Waals surface area contributed by atoms with E-state index < -0.39 is 0 Å². The third-order valence-electron chi connectivity index (χ3n) is 2.62. The van der Waals surface area contributed by atoms with E-state index in [0.29, 0.717) is 5.92 Å². The molecule has 0 aromatic heterocycles. The highest BCUT2D eigenvalue weighted by molar-refractivity contribution is 4.94. The van der Waals surface area contributed by atoms with Crippen LogP contribution in [0.25, 0.3) is 0 Å². The van der Waals surface area contributed by atoms with Gasteiger partial charge in [-0.25, -0.2) is 5.84 Å². The fourth-order valence-electron chi connectivity index (χ4n) is 1.51. The number of unbranched alkanes of at least 4 members (excludes halogenated alkanes) is 3. The maximum Gasteiger partial charge on any atom is 0.0342 e. The molecule has 3 nitrogen and oxygen atoms in total. The summed E-state index contributed by atoms with van der Waals surface area (Å²) in [7, 11) is 0. The number of hydrogen-bond donors (Lipinski definition) is 2. The zero-order chi connectivity index (χ0) is 14.4. The summed E-state index contributed by atoms with van der Waals surface area (Å²) in [5.74, 6) is 6.52. The average Bonchev–Trinajstić information content (AvgIpc) is 2.34. The average molecular weight is 255 g/mol. The SMILES string of the molecule is C=C.CCCCCC/C(N)=C/N(N)CCC(C)C. The van der Waals surface area contributed by atoms with Gasteiger partial charge in [0, 0.05) is 18.4 Å². The van der Waals surface area contributed by atoms with E-state index in [-0.39, 0.29) is 0 Å². The predicted molar refractivity (Wildman–Crippen MR) is 82.6 cm³/mol. The molecule has 3 heteroatoms. The molecule has 0 aliphatic rings. The van der Waals surface area contributed by atoms with Gasteiger partial charge in [-0.2, -0.15) is 0 Å². The van der Waals surface area contributed by atoms with Crippen LogP contribution in [0.5, 0.6) is 0 Å². The van der Waals surface area contributed by atoms with Crippen molar-refractivity contribution >= 4 is 0 Å². The van der Waals surface area contributed by atoms with Gasteiger partial charge in [0.1, 0.15) is 0 Å². The zero-order valence-electron chi connectivity index (χ0n) is 12.6. The molecule has 0 heterocycles. The van der Waals surface area contributed by atoms with Crippen molar-refractivity contribution in [2.75, 3.05) is 6.54 Å². The fraction of sp³-hybridized carbons (Fsp3) is 0.733. The van der Waals surface area contributed by atoms with Crippen molar-refractivity contribution in [3.8, 4) is 0 Å². The van der Waals surface area contributed by atoms with Crippen molar-refractivity contribution in [1.29, 1.82) is 0 Å². The van der Waals surface area contributed by atoms with E-state index in [0.717, 1.165) is 25.1 Å². The first-order chi connectivity index (χ1) is 8.56. The molecule has 0 saturated heterocycles. The van der Waals surface area contributed by atoms with Gasteiger partial charge in [0.15, 0.2) is 0 Å². The van der Waals surface area contributed by atoms with Gasteiger partial charge in [-0.1, -0.05) is 40.0 Å². The highest BCUT2D eigenvalue weighted by atomic mass is 15.4. The molecule has 0 saturated carbocycles. The molecule has 0 aliphatic carbocycles. The summed E-state index contributed by atoms with van der Waals surface area (Å²) >= 11 is 0. The lowest BCUT2D eigenvalue weighted by molar-refractivity contribution is 0.354. The van der Waals surface area contributed by atoms with Crippen molar-refractivity contribution in [2.45, 2.75) is 59.3 Å². The highest BCUT2D eigenvalue weighted by Gasteiger charge is 1.98. The monoisotopic (exact) mass is 255 g/mol. The Bertz CT molecular complexity index is 200. The van der Waals surface area contributed by atoms with Crippen molar-refractivity contribution in [2.24, 2.45) is 17.5 Å². The van der Waals surface area contributed by atoms with Crippen LogP contribution in [-0.4, -0.2) is 11.6 Å². The summed E-state index contributed by atoms with van der Waals surface area (Å²) in [6.07, 6.45) is 8.96. The first kappa shape index (κ1) is 19.4. The highest BCUT2D eigenvalue weighted by Crippen LogP contribution is 2.07. The molecule has 0 aromatic carbocycles. The maximum absolute atomic E-state index is 5.90. The standard InChI is InChI=1S/C13H29N3.C2H4/c1-4-5-6-7-8-13(14)11-16(15)10-9-12(2)3;1-2/h11-12H,4-10,14-15H2,1-3H3;1-2H2/b13-11-;. The third kappa shape index (κ3) is 15.0. The van der Waals surface area contributed by atoms with Crippen LogP contribution in [0, 0.1) is 5.92 Å². The molecule has 4 N–H and O–H groups in total. The Kier molecular flexibility index (Phi) is 15.2. The topological polar surface area (TPSA) is 55.3 Å². The fourth-order valence-corrected chi connectivity index (χ4v) is 1.51. The lowest BCUT2D eigenvalue weighted by Gasteiger charge is -2.16. The van der Waals surface area contributed by atoms with Crippen LogP contribution in [-0.2, 0) is 0 Å². The summed E-state index contributed by atoms with van der Waals surface area (Å²) < 4.78 is 0. The van der Waals surface area contributed by atoms with E-state index in [4.69, 9.17) is 11.6 Å². The van der Waals surface area contributed by atoms with Gasteiger partial charge >= 0.3 is 0 Å². The molecule has 0 bridgehead atoms. The molecule has 0 aromatic rings. The van der Waals surface area contributed by atoms with E-state index in [1.165, 1.54) is 25.7 Å². The molecule has 0 unspecified atom stereocenters. The largest absolute Gasteiger partial charge is 0.401 e. The van der Waals surface area contributed by atoms with Gasteiger partial charge in [-0.3, -0.25) is 0 Å². The van der Waals surface area contributed by atoms with Crippen molar-refractivity contribution < 1.29 is 0 Å². The first-order valence-corrected chi connectivity index (χ1v) is 7.03. The Morgan fingerprint density at radius 1 is 1.22 bits per heavy atom. The number of allylic oxidation sites excluding steroid dienone is 1. The summed E-state index contributed by atoms with van der Waals surface area (Å²) in [4.78, 5) is 0. The summed E-state index contributed by atoms with van der Waals surface area (Å²) in [6.45, 7) is 13.5. The van der Waals surface area contributed by atoms with Gasteiger partial charge < -0.3 is 10.7 Å². The van der Waals surface area contributed by atoms with E-state index in [1.54, 1.807) is 5.01 Å². The minimum Gasteiger partial charge on any atom is -0.401 e. The van der Waals surface area contributed by atoms with E-state index in [9.17, 15) is 0 Å². The lowest BCUT2D eigenvalue weighted by atomic mass is 10.1. The van der Waals surface area contributed by atoms with Crippen molar-refractivity contribution in [3.63, 3.8) is 0 Å². The van der Waals surface area contributed by atoms with Crippen LogP contribution in [0.15, 0.2) is 25.1 Å². The number of nitrogens with zero attached hydrogens (tertiary/aromatic N) is 1. The van der Waals surface area contributed by atoms with Crippen LogP contribution >= 0.6 is 0 Å². The minimum atomic E-state index is 0.685. The third-order valence-corrected chi connectivity index (χ3v) is 2.62. The van der Waals surface area contributed by atoms with Gasteiger partial charge in [-0.15, -0.1) is 13.2 Å². The van der Waals surface area contributed by atoms with Gasteiger partial charge in [-0.05, 0) is 25.2 Å². The summed E-state index contributed by atoms with van der Waals surface area (Å²) in [6, 6.07) is 0. The number of nitrogens with two attached hydrogens (primary N) is 2. The summed E-state index contributed by atoms with van der Waals surface area (Å²) in [5.41, 5.74) is 6.81. The Balaban J connectivity index is 0. The maximum atomic E-state index is 5.90. The Morgan fingerprint density at radius 2 is 1.83 bits per heavy atom. The molecule has 0 radical (unpaired) electrons. The first-order valence-electron chi connectivity index (χ1n) is 7.03. The molecule has 0 rings (SSSR count). The van der Waals surface area contributed by atoms with Crippen LogP contribution in [0.2, 0.25) is 0 Å². The molecule has 0 fully saturated rings. The summed E-state index contributed by atoms with van der Waals surface area (Å²) in [5, 5.41) is 1.72. The second kappa shape index (κ2) is 14.1. The molecular formula is C15H33N3. The predicted octanol–water partition coefficient (Wildman–Crippen LogP) is 3.78. The molecule has 0 spiro atoms. The van der Waals surface area contributed by atoms with Gasteiger partial charge in [0.05, 0.1) is 0 Å². The number of rotatable bonds is 9. The van der Waals surface area contributed by atoms with Crippen LogP contribution in [0.1, 0.15) is 59.3 Å². The second-order valence-corrected chi connectivity index (χ2v) is 4.94. The Morgan fingerprint density at radius 3 is 2.33 bits per heavy atom. The lowest BCUT2D eigenvalue weighted by Crippen LogP contribution is -2.28. The van der Waals surface area contributed by atoms with Crippen LogP contribution in [0.3, 0.4) is 0 Å². The number of hydrogen-bond acceptors (Lipinski definition) is 3. The smallest absolute Gasteiger partial charge is 0.0342 e. The Labute approximate surface area is 114 Å². The van der Waals surface area contributed by atoms with Gasteiger partial charge in [0.2, 0.25) is 0 Å². The Hall–Kier alpha value is -0.960. The second-order valence-electron chi connectivity index (χ2n) is 4.94. The molecule has 108 valence electrons. The van der Waals surface area contributed by atoms with Crippen molar-refractivity contribution in [3.05, 3.63) is 25.1 Å². The van der Waals surface area contributed by atoms with E-state index in [1.807, 2.05) is 6.20 Å². The van der Waals surface area contributed by atoms with Crippen molar-refractivity contribution in [1.82, 2.24) is 5.01 Å². The number of hydrazine groups is 1. The normalized spacial score (nSPS) is 11.1. The van der Waals surface area contributed by atoms with E-state index >= 15 is 0 Å². The van der Waals surface area contributed by atoms with E-state index in [2.05, 4.69) is 33.9 Å². The molecular weight excluding hydrogens is 222 g/mol. The molecule has 0 amide bonds. The zero-order valence-corrected chi connectivity index (χ0v) is 12.6. The molecule has 18 heavy (non-hydrogen) atoms. The van der Waals surface area contributed by atoms with Crippen LogP contribution < -0.4 is 11.6 Å². The quantitative estimate of drug-likeness (QED) is 0.285. The minimum absolute atomic E-state index is 0.685.